The SMILES string of the molecule is N#CCCN(CCC#N)S(=O)(=O)c1c(Cl)cc(N)cc1Cl. The van der Waals surface area contributed by atoms with E-state index in [0.29, 0.717) is 0 Å². The smallest absolute Gasteiger partial charge is 0.246 e. The molecule has 0 saturated heterocycles. The molecule has 2 N–H and O–H groups in total. The summed E-state index contributed by atoms with van der Waals surface area (Å²) in [6.45, 7) is -0.0882. The van der Waals surface area contributed by atoms with Crippen molar-refractivity contribution in [3.05, 3.63) is 22.2 Å². The lowest BCUT2D eigenvalue weighted by atomic mass is 10.3. The first-order chi connectivity index (χ1) is 9.84. The molecule has 0 radical (unpaired) electrons. The van der Waals surface area contributed by atoms with E-state index in [4.69, 9.17) is 39.5 Å². The fourth-order valence-electron chi connectivity index (χ4n) is 1.66. The molecule has 0 unspecified atom stereocenters. The van der Waals surface area contributed by atoms with Crippen LogP contribution in [-0.4, -0.2) is 25.8 Å². The largest absolute Gasteiger partial charge is 0.399 e. The molecule has 0 saturated carbocycles. The van der Waals surface area contributed by atoms with Crippen LogP contribution in [0.25, 0.3) is 0 Å². The number of anilines is 1. The van der Waals surface area contributed by atoms with Gasteiger partial charge in [-0.05, 0) is 12.1 Å². The maximum Gasteiger partial charge on any atom is 0.246 e. The van der Waals surface area contributed by atoms with Gasteiger partial charge in [-0.15, -0.1) is 0 Å². The van der Waals surface area contributed by atoms with Crippen molar-refractivity contribution in [2.45, 2.75) is 17.7 Å². The summed E-state index contributed by atoms with van der Waals surface area (Å²) < 4.78 is 26.2. The van der Waals surface area contributed by atoms with E-state index in [1.54, 1.807) is 0 Å². The number of nitrogens with zero attached hydrogens (tertiary/aromatic N) is 3. The van der Waals surface area contributed by atoms with Gasteiger partial charge in [0.05, 0.1) is 22.2 Å². The van der Waals surface area contributed by atoms with Gasteiger partial charge >= 0.3 is 0 Å². The number of benzene rings is 1. The first-order valence-electron chi connectivity index (χ1n) is 5.83. The molecule has 0 heterocycles. The zero-order chi connectivity index (χ0) is 16.0. The number of rotatable bonds is 6. The molecule has 1 aromatic carbocycles. The van der Waals surface area contributed by atoms with Gasteiger partial charge in [0.2, 0.25) is 10.0 Å². The predicted octanol–water partition coefficient (Wildman–Crippen LogP) is 2.39. The minimum Gasteiger partial charge on any atom is -0.399 e. The molecule has 9 heteroatoms. The summed E-state index contributed by atoms with van der Waals surface area (Å²) in [5.41, 5.74) is 5.79. The molecule has 6 nitrogen and oxygen atoms in total. The Hall–Kier alpha value is -1.51. The van der Waals surface area contributed by atoms with E-state index in [2.05, 4.69) is 0 Å². The Balaban J connectivity index is 3.29. The number of halogens is 2. The van der Waals surface area contributed by atoms with Crippen LogP contribution in [0.15, 0.2) is 17.0 Å². The fourth-order valence-corrected chi connectivity index (χ4v) is 4.28. The Morgan fingerprint density at radius 2 is 1.52 bits per heavy atom. The molecule has 0 fully saturated rings. The molecule has 0 aliphatic rings. The Bertz CT molecular complexity index is 666. The van der Waals surface area contributed by atoms with Crippen molar-refractivity contribution >= 4 is 38.9 Å². The molecule has 0 aliphatic heterocycles. The first-order valence-corrected chi connectivity index (χ1v) is 8.02. The third-order valence-corrected chi connectivity index (χ3v) is 5.39. The highest BCUT2D eigenvalue weighted by molar-refractivity contribution is 7.89. The van der Waals surface area contributed by atoms with Crippen molar-refractivity contribution < 1.29 is 8.42 Å². The summed E-state index contributed by atoms with van der Waals surface area (Å²) in [7, 11) is -4.01. The molecule has 0 aliphatic carbocycles. The Morgan fingerprint density at radius 1 is 1.10 bits per heavy atom. The van der Waals surface area contributed by atoms with E-state index in [9.17, 15) is 8.42 Å². The van der Waals surface area contributed by atoms with Gasteiger partial charge in [-0.2, -0.15) is 14.8 Å². The molecule has 1 aromatic rings. The van der Waals surface area contributed by atoms with Crippen LogP contribution in [0.4, 0.5) is 5.69 Å². The lowest BCUT2D eigenvalue weighted by Crippen LogP contribution is -2.33. The van der Waals surface area contributed by atoms with E-state index in [0.717, 1.165) is 4.31 Å². The minimum absolute atomic E-state index is 0.00509. The number of hydrogen-bond acceptors (Lipinski definition) is 5. The van der Waals surface area contributed by atoms with E-state index in [-0.39, 0.29) is 46.6 Å². The van der Waals surface area contributed by atoms with Crippen LogP contribution in [0, 0.1) is 22.7 Å². The van der Waals surface area contributed by atoms with E-state index in [1.807, 2.05) is 12.1 Å². The molecular weight excluding hydrogens is 335 g/mol. The molecule has 0 amide bonds. The fraction of sp³-hybridized carbons (Fsp3) is 0.333. The van der Waals surface area contributed by atoms with E-state index in [1.165, 1.54) is 12.1 Å². The average Bonchev–Trinajstić information content (AvgIpc) is 2.36. The van der Waals surface area contributed by atoms with Gasteiger partial charge in [0.15, 0.2) is 0 Å². The van der Waals surface area contributed by atoms with Gasteiger partial charge in [0.1, 0.15) is 4.90 Å². The minimum atomic E-state index is -4.01. The van der Waals surface area contributed by atoms with Crippen LogP contribution < -0.4 is 5.73 Å². The average molecular weight is 347 g/mol. The quantitative estimate of drug-likeness (QED) is 0.794. The lowest BCUT2D eigenvalue weighted by Gasteiger charge is -2.21. The normalized spacial score (nSPS) is 11.1. The first kappa shape index (κ1) is 17.5. The van der Waals surface area contributed by atoms with Crippen molar-refractivity contribution in [2.75, 3.05) is 18.8 Å². The van der Waals surface area contributed by atoms with Gasteiger partial charge in [-0.25, -0.2) is 8.42 Å². The summed E-state index contributed by atoms with van der Waals surface area (Å²) in [5, 5.41) is 17.0. The van der Waals surface area contributed by atoms with E-state index >= 15 is 0 Å². The summed E-state index contributed by atoms with van der Waals surface area (Å²) in [4.78, 5) is -0.268. The molecule has 0 atom stereocenters. The van der Waals surface area contributed by atoms with Crippen molar-refractivity contribution in [3.63, 3.8) is 0 Å². The molecule has 21 heavy (non-hydrogen) atoms. The number of nitrogen functional groups attached to an aromatic ring is 1. The monoisotopic (exact) mass is 346 g/mol. The summed E-state index contributed by atoms with van der Waals surface area (Å²) >= 11 is 11.9. The zero-order valence-corrected chi connectivity index (χ0v) is 13.2. The predicted molar refractivity (Wildman–Crippen MR) is 80.1 cm³/mol. The van der Waals surface area contributed by atoms with Crippen LogP contribution in [0.3, 0.4) is 0 Å². The third-order valence-electron chi connectivity index (χ3n) is 2.56. The molecular formula is C12H12Cl2N4O2S. The van der Waals surface area contributed by atoms with Crippen LogP contribution >= 0.6 is 23.2 Å². The van der Waals surface area contributed by atoms with Crippen LogP contribution in [0.1, 0.15) is 12.8 Å². The van der Waals surface area contributed by atoms with Crippen molar-refractivity contribution in [2.24, 2.45) is 0 Å². The molecule has 1 rings (SSSR count). The third kappa shape index (κ3) is 4.23. The Kier molecular flexibility index (Phi) is 6.25. The number of nitriles is 2. The molecule has 0 spiro atoms. The van der Waals surface area contributed by atoms with Crippen molar-refractivity contribution in [1.29, 1.82) is 10.5 Å². The number of hydrogen-bond donors (Lipinski definition) is 1. The second kappa shape index (κ2) is 7.48. The zero-order valence-electron chi connectivity index (χ0n) is 10.9. The summed E-state index contributed by atoms with van der Waals surface area (Å²) in [6, 6.07) is 6.29. The second-order valence-electron chi connectivity index (χ2n) is 4.03. The van der Waals surface area contributed by atoms with Gasteiger partial charge < -0.3 is 5.73 Å². The number of sulfonamides is 1. The summed E-state index contributed by atoms with van der Waals surface area (Å²) in [6.07, 6.45) is -0.0102. The maximum atomic E-state index is 12.6. The Morgan fingerprint density at radius 3 is 1.90 bits per heavy atom. The van der Waals surface area contributed by atoms with Crippen molar-refractivity contribution in [3.8, 4) is 12.1 Å². The van der Waals surface area contributed by atoms with Gasteiger partial charge in [-0.3, -0.25) is 0 Å². The van der Waals surface area contributed by atoms with Crippen LogP contribution in [0.2, 0.25) is 10.0 Å². The lowest BCUT2D eigenvalue weighted by molar-refractivity contribution is 0.425. The topological polar surface area (TPSA) is 111 Å². The van der Waals surface area contributed by atoms with Gasteiger partial charge in [0, 0.05) is 31.6 Å². The van der Waals surface area contributed by atoms with E-state index < -0.39 is 10.0 Å². The second-order valence-corrected chi connectivity index (χ2v) is 6.72. The van der Waals surface area contributed by atoms with Gasteiger partial charge in [0.25, 0.3) is 0 Å². The van der Waals surface area contributed by atoms with Crippen LogP contribution in [-0.2, 0) is 10.0 Å². The molecule has 0 aromatic heterocycles. The number of nitrogens with two attached hydrogens (primary N) is 1. The molecule has 0 bridgehead atoms. The highest BCUT2D eigenvalue weighted by Crippen LogP contribution is 2.34. The van der Waals surface area contributed by atoms with Crippen LogP contribution in [0.5, 0.6) is 0 Å². The molecule has 112 valence electrons. The standard InChI is InChI=1S/C12H12Cl2N4O2S/c13-10-7-9(17)8-11(14)12(10)21(19,20)18(5-1-3-15)6-2-4-16/h7-8H,1-2,5-6,17H2. The Labute approximate surface area is 133 Å². The highest BCUT2D eigenvalue weighted by Gasteiger charge is 2.29. The maximum absolute atomic E-state index is 12.6. The highest BCUT2D eigenvalue weighted by atomic mass is 35.5. The summed E-state index contributed by atoms with van der Waals surface area (Å²) in [5.74, 6) is 0. The van der Waals surface area contributed by atoms with Gasteiger partial charge in [-0.1, -0.05) is 23.2 Å². The van der Waals surface area contributed by atoms with Crippen molar-refractivity contribution in [1.82, 2.24) is 4.31 Å².